The van der Waals surface area contributed by atoms with E-state index in [2.05, 4.69) is 26.3 Å². The molecule has 0 atom stereocenters. The van der Waals surface area contributed by atoms with Gasteiger partial charge in [0.15, 0.2) is 12.4 Å². The zero-order valence-corrected chi connectivity index (χ0v) is 16.9. The molecule has 0 unspecified atom stereocenters. The maximum atomic E-state index is 13.9. The quantitative estimate of drug-likeness (QED) is 0.539. The van der Waals surface area contributed by atoms with Gasteiger partial charge in [-0.15, -0.1) is 0 Å². The van der Waals surface area contributed by atoms with Crippen LogP contribution in [0.4, 0.5) is 10.2 Å². The molecule has 9 heteroatoms. The molecular formula is C18H13BrCl2FN3O2. The Morgan fingerprint density at radius 2 is 1.96 bits per heavy atom. The van der Waals surface area contributed by atoms with E-state index >= 15 is 0 Å². The van der Waals surface area contributed by atoms with Crippen LogP contribution in [0.2, 0.25) is 10.0 Å². The molecule has 1 heterocycles. The van der Waals surface area contributed by atoms with Gasteiger partial charge in [-0.25, -0.2) is 4.39 Å². The SMILES string of the molecule is O=C(COc1ccc(Cl)cc1)Nc1nn(Cc2c(F)cccc2Cl)cc1Br. The van der Waals surface area contributed by atoms with Crippen molar-refractivity contribution in [2.45, 2.75) is 6.54 Å². The molecule has 27 heavy (non-hydrogen) atoms. The van der Waals surface area contributed by atoms with Crippen molar-refractivity contribution in [3.63, 3.8) is 0 Å². The Morgan fingerprint density at radius 1 is 1.22 bits per heavy atom. The zero-order valence-electron chi connectivity index (χ0n) is 13.8. The third kappa shape index (κ3) is 5.22. The smallest absolute Gasteiger partial charge is 0.263 e. The first-order valence-electron chi connectivity index (χ1n) is 7.76. The first kappa shape index (κ1) is 19.7. The Kier molecular flexibility index (Phi) is 6.36. The first-order chi connectivity index (χ1) is 12.9. The summed E-state index contributed by atoms with van der Waals surface area (Å²) in [7, 11) is 0. The molecule has 0 aliphatic carbocycles. The second-order valence-corrected chi connectivity index (χ2v) is 7.21. The van der Waals surface area contributed by atoms with Crippen LogP contribution in [0.5, 0.6) is 5.75 Å². The van der Waals surface area contributed by atoms with Crippen molar-refractivity contribution < 1.29 is 13.9 Å². The average Bonchev–Trinajstić information content (AvgIpc) is 2.97. The number of carbonyl (C=O) groups excluding carboxylic acids is 1. The number of hydrogen-bond donors (Lipinski definition) is 1. The van der Waals surface area contributed by atoms with Gasteiger partial charge in [0.2, 0.25) is 0 Å². The van der Waals surface area contributed by atoms with Gasteiger partial charge in [0, 0.05) is 21.8 Å². The minimum atomic E-state index is -0.420. The lowest BCUT2D eigenvalue weighted by molar-refractivity contribution is -0.118. The Morgan fingerprint density at radius 3 is 2.67 bits per heavy atom. The molecule has 140 valence electrons. The fourth-order valence-corrected chi connectivity index (χ4v) is 3.02. The van der Waals surface area contributed by atoms with Crippen LogP contribution in [0, 0.1) is 5.82 Å². The van der Waals surface area contributed by atoms with Gasteiger partial charge in [0.1, 0.15) is 11.6 Å². The molecule has 0 saturated carbocycles. The van der Waals surface area contributed by atoms with Gasteiger partial charge < -0.3 is 10.1 Å². The van der Waals surface area contributed by atoms with Crippen LogP contribution in [0.1, 0.15) is 5.56 Å². The molecule has 0 spiro atoms. The Balaban J connectivity index is 1.62. The number of aromatic nitrogens is 2. The highest BCUT2D eigenvalue weighted by atomic mass is 79.9. The second kappa shape index (κ2) is 8.73. The average molecular weight is 473 g/mol. The number of anilines is 1. The molecule has 0 radical (unpaired) electrons. The number of amides is 1. The third-order valence-electron chi connectivity index (χ3n) is 3.54. The molecule has 5 nitrogen and oxygen atoms in total. The van der Waals surface area contributed by atoms with Crippen molar-refractivity contribution in [1.29, 1.82) is 0 Å². The normalized spacial score (nSPS) is 10.7. The predicted octanol–water partition coefficient (Wildman–Crippen LogP) is 5.16. The van der Waals surface area contributed by atoms with E-state index in [0.717, 1.165) is 0 Å². The number of ether oxygens (including phenoxy) is 1. The van der Waals surface area contributed by atoms with E-state index in [4.69, 9.17) is 27.9 Å². The van der Waals surface area contributed by atoms with Crippen molar-refractivity contribution in [2.24, 2.45) is 0 Å². The summed E-state index contributed by atoms with van der Waals surface area (Å²) < 4.78 is 21.3. The second-order valence-electron chi connectivity index (χ2n) is 5.51. The van der Waals surface area contributed by atoms with Gasteiger partial charge in [0.05, 0.1) is 11.0 Å². The van der Waals surface area contributed by atoms with E-state index in [9.17, 15) is 9.18 Å². The van der Waals surface area contributed by atoms with Crippen LogP contribution < -0.4 is 10.1 Å². The number of halogens is 4. The van der Waals surface area contributed by atoms with Crippen LogP contribution in [0.3, 0.4) is 0 Å². The van der Waals surface area contributed by atoms with Gasteiger partial charge in [-0.05, 0) is 52.3 Å². The minimum Gasteiger partial charge on any atom is -0.484 e. The van der Waals surface area contributed by atoms with E-state index in [0.29, 0.717) is 31.6 Å². The molecule has 0 fully saturated rings. The maximum absolute atomic E-state index is 13.9. The third-order valence-corrected chi connectivity index (χ3v) is 4.73. The molecule has 0 aliphatic rings. The van der Waals surface area contributed by atoms with Crippen molar-refractivity contribution in [2.75, 3.05) is 11.9 Å². The monoisotopic (exact) mass is 471 g/mol. The summed E-state index contributed by atoms with van der Waals surface area (Å²) in [5.74, 6) is 0.0106. The molecule has 1 amide bonds. The van der Waals surface area contributed by atoms with Gasteiger partial charge >= 0.3 is 0 Å². The lowest BCUT2D eigenvalue weighted by Crippen LogP contribution is -2.20. The van der Waals surface area contributed by atoms with Crippen LogP contribution in [-0.4, -0.2) is 22.3 Å². The van der Waals surface area contributed by atoms with Crippen molar-refractivity contribution >= 4 is 50.9 Å². The highest BCUT2D eigenvalue weighted by Crippen LogP contribution is 2.24. The van der Waals surface area contributed by atoms with Gasteiger partial charge in [-0.2, -0.15) is 5.10 Å². The maximum Gasteiger partial charge on any atom is 0.263 e. The Labute approximate surface area is 173 Å². The van der Waals surface area contributed by atoms with Crippen molar-refractivity contribution in [3.05, 3.63) is 74.6 Å². The van der Waals surface area contributed by atoms with Crippen molar-refractivity contribution in [3.8, 4) is 5.75 Å². The number of hydrogen-bond acceptors (Lipinski definition) is 3. The Hall–Kier alpha value is -2.09. The molecular weight excluding hydrogens is 460 g/mol. The highest BCUT2D eigenvalue weighted by molar-refractivity contribution is 9.10. The minimum absolute atomic E-state index is 0.126. The summed E-state index contributed by atoms with van der Waals surface area (Å²) in [5, 5.41) is 7.75. The zero-order chi connectivity index (χ0) is 19.4. The lowest BCUT2D eigenvalue weighted by Gasteiger charge is -2.07. The highest BCUT2D eigenvalue weighted by Gasteiger charge is 2.13. The predicted molar refractivity (Wildman–Crippen MR) is 106 cm³/mol. The Bertz CT molecular complexity index is 943. The summed E-state index contributed by atoms with van der Waals surface area (Å²) in [6.45, 7) is -0.0681. The lowest BCUT2D eigenvalue weighted by atomic mass is 10.2. The fourth-order valence-electron chi connectivity index (χ4n) is 2.26. The number of nitrogens with zero attached hydrogens (tertiary/aromatic N) is 2. The molecule has 0 bridgehead atoms. The van der Waals surface area contributed by atoms with E-state index in [1.807, 2.05) is 0 Å². The summed E-state index contributed by atoms with van der Waals surface area (Å²) in [6, 6.07) is 11.1. The molecule has 1 aromatic heterocycles. The summed E-state index contributed by atoms with van der Waals surface area (Å²) in [6.07, 6.45) is 1.62. The van der Waals surface area contributed by atoms with Gasteiger partial charge in [-0.1, -0.05) is 29.3 Å². The van der Waals surface area contributed by atoms with E-state index in [1.165, 1.54) is 16.8 Å². The fraction of sp³-hybridized carbons (Fsp3) is 0.111. The number of benzene rings is 2. The van der Waals surface area contributed by atoms with Crippen LogP contribution in [0.25, 0.3) is 0 Å². The van der Waals surface area contributed by atoms with Gasteiger partial charge in [0.25, 0.3) is 5.91 Å². The van der Waals surface area contributed by atoms with Crippen LogP contribution in [-0.2, 0) is 11.3 Å². The molecule has 3 rings (SSSR count). The standard InChI is InChI=1S/C18H13BrCl2FN3O2/c19-14-9-25(8-13-15(21)2-1-3-16(13)22)24-18(14)23-17(26)10-27-12-6-4-11(20)5-7-12/h1-7,9H,8,10H2,(H,23,24,26). The number of carbonyl (C=O) groups is 1. The summed E-state index contributed by atoms with van der Waals surface area (Å²) in [4.78, 5) is 12.1. The van der Waals surface area contributed by atoms with Crippen LogP contribution in [0.15, 0.2) is 53.1 Å². The van der Waals surface area contributed by atoms with Crippen LogP contribution >= 0.6 is 39.1 Å². The van der Waals surface area contributed by atoms with Gasteiger partial charge in [-0.3, -0.25) is 9.48 Å². The molecule has 3 aromatic rings. The van der Waals surface area contributed by atoms with Crippen molar-refractivity contribution in [1.82, 2.24) is 9.78 Å². The molecule has 2 aromatic carbocycles. The van der Waals surface area contributed by atoms with E-state index in [-0.39, 0.29) is 19.1 Å². The molecule has 0 aliphatic heterocycles. The summed E-state index contributed by atoms with van der Waals surface area (Å²) in [5.41, 5.74) is 0.318. The number of nitrogens with one attached hydrogen (secondary N) is 1. The first-order valence-corrected chi connectivity index (χ1v) is 9.31. The number of rotatable bonds is 6. The van der Waals surface area contributed by atoms with E-state index < -0.39 is 5.82 Å². The largest absolute Gasteiger partial charge is 0.484 e. The molecule has 0 saturated heterocycles. The van der Waals surface area contributed by atoms with E-state index in [1.54, 1.807) is 36.5 Å². The summed E-state index contributed by atoms with van der Waals surface area (Å²) >= 11 is 15.1. The molecule has 1 N–H and O–H groups in total. The topological polar surface area (TPSA) is 56.1 Å².